The van der Waals surface area contributed by atoms with E-state index in [1.807, 2.05) is 18.2 Å². The van der Waals surface area contributed by atoms with Crippen molar-refractivity contribution in [1.82, 2.24) is 15.1 Å². The minimum Gasteiger partial charge on any atom is -0.593 e. The lowest BCUT2D eigenvalue weighted by molar-refractivity contribution is -0.141. The van der Waals surface area contributed by atoms with Crippen molar-refractivity contribution in [2.24, 2.45) is 11.7 Å². The van der Waals surface area contributed by atoms with Crippen LogP contribution in [0, 0.1) is 5.92 Å². The molecule has 1 amide bonds. The number of carbonyl (C=O) groups excluding carboxylic acids is 1. The maximum absolute atomic E-state index is 13.5. The van der Waals surface area contributed by atoms with E-state index in [2.05, 4.69) is 15.7 Å². The van der Waals surface area contributed by atoms with Crippen LogP contribution in [0.2, 0.25) is 0 Å². The van der Waals surface area contributed by atoms with Crippen molar-refractivity contribution in [2.45, 2.75) is 31.6 Å². The summed E-state index contributed by atoms with van der Waals surface area (Å²) in [4.78, 5) is 13.3. The zero-order valence-electron chi connectivity index (χ0n) is 21.0. The molecule has 10 heteroatoms. The van der Waals surface area contributed by atoms with Crippen molar-refractivity contribution in [2.75, 3.05) is 11.9 Å². The normalized spacial score (nSPS) is 14.3. The molecule has 1 aliphatic carbocycles. The number of hydrogen-bond acceptors (Lipinski definition) is 4. The Balaban J connectivity index is 1.45. The smallest absolute Gasteiger partial charge is 0.435 e. The molecule has 0 spiro atoms. The minimum absolute atomic E-state index is 0.189. The Morgan fingerprint density at radius 1 is 1.03 bits per heavy atom. The number of halogens is 3. The molecule has 0 bridgehead atoms. The number of anilines is 1. The summed E-state index contributed by atoms with van der Waals surface area (Å²) in [6.07, 6.45) is -2.37. The summed E-state index contributed by atoms with van der Waals surface area (Å²) in [5.41, 5.74) is 7.46. The first-order valence-electron chi connectivity index (χ1n) is 12.6. The molecule has 202 valence electrons. The van der Waals surface area contributed by atoms with Gasteiger partial charge in [0.1, 0.15) is 5.69 Å². The van der Waals surface area contributed by atoms with E-state index in [4.69, 9.17) is 10.8 Å². The molecular formula is C29H29F3N5O2+. The van der Waals surface area contributed by atoms with Crippen LogP contribution in [0.4, 0.5) is 18.9 Å². The number of amides is 1. The summed E-state index contributed by atoms with van der Waals surface area (Å²) in [5.74, 6) is 0.280. The van der Waals surface area contributed by atoms with Gasteiger partial charge in [-0.05, 0) is 66.3 Å². The molecule has 0 aliphatic heterocycles. The van der Waals surface area contributed by atoms with Gasteiger partial charge in [0, 0.05) is 30.4 Å². The second-order valence-electron chi connectivity index (χ2n) is 9.69. The monoisotopic (exact) mass is 536 g/mol. The van der Waals surface area contributed by atoms with E-state index < -0.39 is 17.8 Å². The topological polar surface area (TPSA) is 108 Å². The number of nitrogens with two attached hydrogens (primary N) is 1. The van der Waals surface area contributed by atoms with E-state index >= 15 is 0 Å². The summed E-state index contributed by atoms with van der Waals surface area (Å²) in [5, 5.41) is 18.0. The Morgan fingerprint density at radius 2 is 1.74 bits per heavy atom. The first-order valence-corrected chi connectivity index (χ1v) is 12.6. The second-order valence-corrected chi connectivity index (χ2v) is 9.69. The summed E-state index contributed by atoms with van der Waals surface area (Å²) in [7, 11) is 0. The number of benzene rings is 3. The van der Waals surface area contributed by atoms with Crippen molar-refractivity contribution in [3.63, 3.8) is 0 Å². The van der Waals surface area contributed by atoms with Crippen LogP contribution < -0.4 is 16.4 Å². The number of nitrogens with one attached hydrogen (secondary N) is 2. The third-order valence-corrected chi connectivity index (χ3v) is 6.63. The zero-order valence-corrected chi connectivity index (χ0v) is 21.0. The highest BCUT2D eigenvalue weighted by Gasteiger charge is 2.36. The van der Waals surface area contributed by atoms with Crippen molar-refractivity contribution in [3.05, 3.63) is 107 Å². The SMILES string of the molecule is NCc1cccc(-n2nc(C(F)(F)F)cc2C(=O)Nc2cccc(C(NCC3CC3)c3cccc([OH2+])c3)c2)c1. The van der Waals surface area contributed by atoms with Gasteiger partial charge < -0.3 is 21.5 Å². The number of hydrogen-bond donors (Lipinski definition) is 3. The lowest BCUT2D eigenvalue weighted by atomic mass is 9.97. The van der Waals surface area contributed by atoms with Crippen LogP contribution in [-0.2, 0) is 12.7 Å². The first kappa shape index (κ1) is 26.5. The molecule has 3 aromatic carbocycles. The Bertz CT molecular complexity index is 1480. The van der Waals surface area contributed by atoms with Crippen LogP contribution in [-0.4, -0.2) is 27.3 Å². The van der Waals surface area contributed by atoms with Gasteiger partial charge in [-0.2, -0.15) is 18.3 Å². The first-order chi connectivity index (χ1) is 18.7. The number of rotatable bonds is 9. The zero-order chi connectivity index (χ0) is 27.6. The van der Waals surface area contributed by atoms with Gasteiger partial charge in [0.25, 0.3) is 11.7 Å². The van der Waals surface area contributed by atoms with Crippen LogP contribution in [0.3, 0.4) is 0 Å². The van der Waals surface area contributed by atoms with Crippen LogP contribution in [0.1, 0.15) is 51.8 Å². The van der Waals surface area contributed by atoms with Crippen LogP contribution in [0.5, 0.6) is 5.75 Å². The van der Waals surface area contributed by atoms with Crippen LogP contribution in [0.15, 0.2) is 78.9 Å². The highest BCUT2D eigenvalue weighted by Crippen LogP contribution is 2.32. The van der Waals surface area contributed by atoms with Crippen LogP contribution in [0.25, 0.3) is 5.69 Å². The van der Waals surface area contributed by atoms with Gasteiger partial charge in [0.2, 0.25) is 0 Å². The Kier molecular flexibility index (Phi) is 7.40. The third kappa shape index (κ3) is 6.30. The summed E-state index contributed by atoms with van der Waals surface area (Å²) >= 11 is 0. The minimum atomic E-state index is -4.72. The van der Waals surface area contributed by atoms with Gasteiger partial charge in [-0.25, -0.2) is 4.68 Å². The standard InChI is InChI=1S/C29H28F3N5O2/c30-29(31,32)26-15-25(37(36-26)23-8-1-4-19(12-23)16-33)28(39)35-22-7-2-5-20(13-22)27(34-17-18-10-11-18)21-6-3-9-24(38)14-21/h1-9,12-15,18,27,34,38H,10-11,16-17,33H2,(H,35,39)/p+1. The molecule has 1 fully saturated rings. The molecule has 1 atom stereocenters. The number of aromatic nitrogens is 2. The fraction of sp³-hybridized carbons (Fsp3) is 0.241. The van der Waals surface area contributed by atoms with Gasteiger partial charge in [0.05, 0.1) is 11.7 Å². The highest BCUT2D eigenvalue weighted by atomic mass is 19.4. The van der Waals surface area contributed by atoms with E-state index in [-0.39, 0.29) is 18.3 Å². The second kappa shape index (κ2) is 10.9. The van der Waals surface area contributed by atoms with E-state index in [1.165, 1.54) is 12.8 Å². The Hall–Kier alpha value is -4.15. The maximum Gasteiger partial charge on any atom is 0.435 e. The molecule has 1 heterocycles. The average molecular weight is 537 g/mol. The third-order valence-electron chi connectivity index (χ3n) is 6.63. The van der Waals surface area contributed by atoms with Crippen molar-refractivity contribution in [3.8, 4) is 11.4 Å². The van der Waals surface area contributed by atoms with Gasteiger partial charge in [-0.15, -0.1) is 0 Å². The Labute approximate surface area is 223 Å². The molecule has 0 saturated heterocycles. The molecule has 0 radical (unpaired) electrons. The molecule has 7 nitrogen and oxygen atoms in total. The van der Waals surface area contributed by atoms with Crippen LogP contribution >= 0.6 is 0 Å². The van der Waals surface area contributed by atoms with Crippen molar-refractivity contribution >= 4 is 11.6 Å². The molecule has 5 rings (SSSR count). The van der Waals surface area contributed by atoms with Gasteiger partial charge >= 0.3 is 6.18 Å². The summed E-state index contributed by atoms with van der Waals surface area (Å²) < 4.78 is 41.6. The quantitative estimate of drug-likeness (QED) is 0.258. The molecule has 1 aliphatic rings. The molecule has 6 N–H and O–H groups in total. The number of nitrogens with zero attached hydrogens (tertiary/aromatic N) is 2. The lowest BCUT2D eigenvalue weighted by Crippen LogP contribution is -2.25. The van der Waals surface area contributed by atoms with Gasteiger partial charge in [-0.3, -0.25) is 4.79 Å². The predicted octanol–water partition coefficient (Wildman–Crippen LogP) is 5.13. The number of carbonyl (C=O) groups is 1. The van der Waals surface area contributed by atoms with Gasteiger partial charge in [-0.1, -0.05) is 36.4 Å². The largest absolute Gasteiger partial charge is 0.593 e. The van der Waals surface area contributed by atoms with E-state index in [1.54, 1.807) is 54.6 Å². The molecule has 1 saturated carbocycles. The maximum atomic E-state index is 13.5. The van der Waals surface area contributed by atoms with Gasteiger partial charge in [0.15, 0.2) is 5.69 Å². The van der Waals surface area contributed by atoms with Crippen molar-refractivity contribution < 1.29 is 23.1 Å². The summed E-state index contributed by atoms with van der Waals surface area (Å²) in [6.45, 7) is 1.01. The van der Waals surface area contributed by atoms with E-state index in [0.29, 0.717) is 28.6 Å². The fourth-order valence-electron chi connectivity index (χ4n) is 4.44. The number of alkyl halides is 3. The molecule has 39 heavy (non-hydrogen) atoms. The average Bonchev–Trinajstić information content (AvgIpc) is 3.62. The summed E-state index contributed by atoms with van der Waals surface area (Å²) in [6, 6.07) is 21.5. The molecule has 1 aromatic heterocycles. The molecule has 4 aromatic rings. The molecule has 1 unspecified atom stereocenters. The van der Waals surface area contributed by atoms with Crippen molar-refractivity contribution in [1.29, 1.82) is 0 Å². The predicted molar refractivity (Wildman–Crippen MR) is 143 cm³/mol. The van der Waals surface area contributed by atoms with E-state index in [0.717, 1.165) is 28.4 Å². The van der Waals surface area contributed by atoms with E-state index in [9.17, 15) is 18.0 Å². The highest BCUT2D eigenvalue weighted by molar-refractivity contribution is 6.03. The lowest BCUT2D eigenvalue weighted by Gasteiger charge is -2.20. The fourth-order valence-corrected chi connectivity index (χ4v) is 4.44. The molecular weight excluding hydrogens is 507 g/mol. The Morgan fingerprint density at radius 3 is 2.44 bits per heavy atom.